The third kappa shape index (κ3) is 3.68. The van der Waals surface area contributed by atoms with E-state index in [-0.39, 0.29) is 18.2 Å². The van der Waals surface area contributed by atoms with Gasteiger partial charge in [-0.1, -0.05) is 6.42 Å². The maximum atomic E-state index is 12.2. The number of amides is 1. The highest BCUT2D eigenvalue weighted by Gasteiger charge is 2.42. The van der Waals surface area contributed by atoms with Crippen molar-refractivity contribution in [3.8, 4) is 0 Å². The van der Waals surface area contributed by atoms with Crippen molar-refractivity contribution in [2.45, 2.75) is 45.4 Å². The summed E-state index contributed by atoms with van der Waals surface area (Å²) in [7, 11) is 0. The molecule has 2 aliphatic rings. The Bertz CT molecular complexity index is 292. The van der Waals surface area contributed by atoms with Crippen LogP contribution in [0.3, 0.4) is 0 Å². The predicted octanol–water partition coefficient (Wildman–Crippen LogP) is 0.890. The number of rotatable bonds is 7. The summed E-state index contributed by atoms with van der Waals surface area (Å²) in [6.07, 6.45) is 3.37. The van der Waals surface area contributed by atoms with Crippen LogP contribution in [0, 0.1) is 11.8 Å². The Kier molecular flexibility index (Phi) is 5.60. The molecule has 0 aromatic carbocycles. The first-order valence-corrected chi connectivity index (χ1v) is 7.50. The average molecular weight is 270 g/mol. The predicted molar refractivity (Wildman–Crippen MR) is 72.7 cm³/mol. The Morgan fingerprint density at radius 3 is 2.74 bits per heavy atom. The van der Waals surface area contributed by atoms with Gasteiger partial charge in [0.1, 0.15) is 0 Å². The molecule has 1 aliphatic carbocycles. The van der Waals surface area contributed by atoms with Gasteiger partial charge >= 0.3 is 0 Å². The van der Waals surface area contributed by atoms with Crippen LogP contribution < -0.4 is 10.6 Å². The van der Waals surface area contributed by atoms with Crippen LogP contribution in [-0.2, 0) is 14.3 Å². The van der Waals surface area contributed by atoms with E-state index in [2.05, 4.69) is 10.6 Å². The summed E-state index contributed by atoms with van der Waals surface area (Å²) in [5.74, 6) is 1.32. The molecule has 0 bridgehead atoms. The fraction of sp³-hybridized carbons (Fsp3) is 0.929. The number of carbonyl (C=O) groups is 1. The zero-order valence-electron chi connectivity index (χ0n) is 12.0. The molecular weight excluding hydrogens is 244 g/mol. The smallest absolute Gasteiger partial charge is 0.237 e. The van der Waals surface area contributed by atoms with Crippen molar-refractivity contribution in [1.82, 2.24) is 10.6 Å². The van der Waals surface area contributed by atoms with Crippen LogP contribution in [0.2, 0.25) is 0 Å². The number of fused-ring (bicyclic) bond motifs is 1. The lowest BCUT2D eigenvalue weighted by Gasteiger charge is -2.21. The third-order valence-corrected chi connectivity index (χ3v) is 4.18. The van der Waals surface area contributed by atoms with Gasteiger partial charge < -0.3 is 20.1 Å². The van der Waals surface area contributed by atoms with Crippen molar-refractivity contribution in [3.05, 3.63) is 0 Å². The molecule has 0 aromatic rings. The van der Waals surface area contributed by atoms with Crippen molar-refractivity contribution < 1.29 is 14.3 Å². The molecule has 110 valence electrons. The molecule has 1 amide bonds. The van der Waals surface area contributed by atoms with Gasteiger partial charge in [-0.15, -0.1) is 0 Å². The number of carbonyl (C=O) groups excluding carboxylic acids is 1. The molecular formula is C14H26N2O3. The molecule has 5 heteroatoms. The molecule has 1 saturated carbocycles. The van der Waals surface area contributed by atoms with Gasteiger partial charge in [0.2, 0.25) is 5.91 Å². The fourth-order valence-corrected chi connectivity index (χ4v) is 3.31. The SMILES string of the molecule is CCOC(CNC(=O)C1NCC2CCCC21)OCC. The van der Waals surface area contributed by atoms with Gasteiger partial charge in [-0.25, -0.2) is 0 Å². The number of hydrogen-bond acceptors (Lipinski definition) is 4. The molecule has 2 N–H and O–H groups in total. The first kappa shape index (κ1) is 14.8. The summed E-state index contributed by atoms with van der Waals surface area (Å²) in [5, 5.41) is 6.31. The summed E-state index contributed by atoms with van der Waals surface area (Å²) in [6, 6.07) is -0.0172. The topological polar surface area (TPSA) is 59.6 Å². The number of hydrogen-bond donors (Lipinski definition) is 2. The van der Waals surface area contributed by atoms with Crippen molar-refractivity contribution in [2.75, 3.05) is 26.3 Å². The number of nitrogens with one attached hydrogen (secondary N) is 2. The van der Waals surface area contributed by atoms with E-state index in [1.165, 1.54) is 19.3 Å². The molecule has 3 atom stereocenters. The van der Waals surface area contributed by atoms with E-state index in [9.17, 15) is 4.79 Å². The van der Waals surface area contributed by atoms with E-state index in [0.29, 0.717) is 31.6 Å². The zero-order valence-corrected chi connectivity index (χ0v) is 12.0. The molecule has 1 saturated heterocycles. The van der Waals surface area contributed by atoms with Crippen LogP contribution >= 0.6 is 0 Å². The molecule has 0 spiro atoms. The van der Waals surface area contributed by atoms with E-state index < -0.39 is 0 Å². The van der Waals surface area contributed by atoms with Gasteiger partial charge in [0.25, 0.3) is 0 Å². The highest BCUT2D eigenvalue weighted by Crippen LogP contribution is 2.37. The van der Waals surface area contributed by atoms with Crippen molar-refractivity contribution in [3.63, 3.8) is 0 Å². The van der Waals surface area contributed by atoms with Crippen LogP contribution in [0.5, 0.6) is 0 Å². The minimum absolute atomic E-state index is 0.0172. The molecule has 3 unspecified atom stereocenters. The minimum atomic E-state index is -0.334. The molecule has 1 aliphatic heterocycles. The highest BCUT2D eigenvalue weighted by molar-refractivity contribution is 5.82. The average Bonchev–Trinajstić information content (AvgIpc) is 2.98. The van der Waals surface area contributed by atoms with Crippen molar-refractivity contribution in [1.29, 1.82) is 0 Å². The lowest BCUT2D eigenvalue weighted by Crippen LogP contribution is -2.46. The van der Waals surface area contributed by atoms with E-state index in [4.69, 9.17) is 9.47 Å². The van der Waals surface area contributed by atoms with E-state index in [1.54, 1.807) is 0 Å². The van der Waals surface area contributed by atoms with Crippen molar-refractivity contribution >= 4 is 5.91 Å². The first-order chi connectivity index (χ1) is 9.26. The van der Waals surface area contributed by atoms with E-state index in [1.807, 2.05) is 13.8 Å². The largest absolute Gasteiger partial charge is 0.351 e. The minimum Gasteiger partial charge on any atom is -0.351 e. The lowest BCUT2D eigenvalue weighted by atomic mass is 9.94. The molecule has 5 nitrogen and oxygen atoms in total. The van der Waals surface area contributed by atoms with Crippen LogP contribution in [0.1, 0.15) is 33.1 Å². The molecule has 0 radical (unpaired) electrons. The lowest BCUT2D eigenvalue weighted by molar-refractivity contribution is -0.141. The second-order valence-electron chi connectivity index (χ2n) is 5.33. The van der Waals surface area contributed by atoms with Crippen LogP contribution in [-0.4, -0.2) is 44.5 Å². The maximum Gasteiger partial charge on any atom is 0.237 e. The number of ether oxygens (including phenoxy) is 2. The van der Waals surface area contributed by atoms with E-state index in [0.717, 1.165) is 6.54 Å². The molecule has 2 fully saturated rings. The van der Waals surface area contributed by atoms with E-state index >= 15 is 0 Å². The molecule has 0 aromatic heterocycles. The van der Waals surface area contributed by atoms with Gasteiger partial charge in [-0.3, -0.25) is 4.79 Å². The Morgan fingerprint density at radius 1 is 1.32 bits per heavy atom. The van der Waals surface area contributed by atoms with Crippen LogP contribution in [0.15, 0.2) is 0 Å². The Morgan fingerprint density at radius 2 is 2.05 bits per heavy atom. The fourth-order valence-electron chi connectivity index (χ4n) is 3.31. The molecule has 1 heterocycles. The summed E-state index contributed by atoms with van der Waals surface area (Å²) in [4.78, 5) is 12.2. The van der Waals surface area contributed by atoms with Gasteiger partial charge in [0.05, 0.1) is 12.6 Å². The Balaban J connectivity index is 1.77. The Labute approximate surface area is 115 Å². The summed E-state index contributed by atoms with van der Waals surface area (Å²) < 4.78 is 10.8. The zero-order chi connectivity index (χ0) is 13.7. The van der Waals surface area contributed by atoms with Crippen LogP contribution in [0.4, 0.5) is 0 Å². The third-order valence-electron chi connectivity index (χ3n) is 4.18. The standard InChI is InChI=1S/C14H26N2O3/c1-3-18-12(19-4-2)9-16-14(17)13-11-7-5-6-10(11)8-15-13/h10-13,15H,3-9H2,1-2H3,(H,16,17). The van der Waals surface area contributed by atoms with Gasteiger partial charge in [-0.05, 0) is 45.1 Å². The van der Waals surface area contributed by atoms with Crippen LogP contribution in [0.25, 0.3) is 0 Å². The second kappa shape index (κ2) is 7.22. The highest BCUT2D eigenvalue weighted by atomic mass is 16.7. The summed E-state index contributed by atoms with van der Waals surface area (Å²) >= 11 is 0. The first-order valence-electron chi connectivity index (χ1n) is 7.50. The normalized spacial score (nSPS) is 29.7. The maximum absolute atomic E-state index is 12.2. The monoisotopic (exact) mass is 270 g/mol. The van der Waals surface area contributed by atoms with Crippen molar-refractivity contribution in [2.24, 2.45) is 11.8 Å². The Hall–Kier alpha value is -0.650. The summed E-state index contributed by atoms with van der Waals surface area (Å²) in [5.41, 5.74) is 0. The van der Waals surface area contributed by atoms with Gasteiger partial charge in [0, 0.05) is 13.2 Å². The second-order valence-corrected chi connectivity index (χ2v) is 5.33. The molecule has 19 heavy (non-hydrogen) atoms. The molecule has 2 rings (SSSR count). The van der Waals surface area contributed by atoms with Gasteiger partial charge in [0.15, 0.2) is 6.29 Å². The quantitative estimate of drug-likeness (QED) is 0.675. The van der Waals surface area contributed by atoms with Gasteiger partial charge in [-0.2, -0.15) is 0 Å². The summed E-state index contributed by atoms with van der Waals surface area (Å²) in [6.45, 7) is 6.45.